The van der Waals surface area contributed by atoms with E-state index < -0.39 is 8.80 Å². The Kier molecular flexibility index (Phi) is 5.74. The molecule has 0 aromatic carbocycles. The fraction of sp³-hybridized carbons (Fsp3) is 0.765. The summed E-state index contributed by atoms with van der Waals surface area (Å²) in [6.45, 7) is 7.68. The van der Waals surface area contributed by atoms with Crippen LogP contribution in [0.4, 0.5) is 0 Å². The molecule has 25 heavy (non-hydrogen) atoms. The van der Waals surface area contributed by atoms with E-state index in [0.29, 0.717) is 38.8 Å². The van der Waals surface area contributed by atoms with Gasteiger partial charge < -0.3 is 18.0 Å². The number of amides is 2. The van der Waals surface area contributed by atoms with Crippen molar-refractivity contribution in [3.63, 3.8) is 0 Å². The van der Waals surface area contributed by atoms with Crippen molar-refractivity contribution in [2.75, 3.05) is 26.4 Å². The topological polar surface area (TPSA) is 74.3 Å². The Bertz CT molecular complexity index is 506. The number of likely N-dealkylation sites (tertiary alicyclic amines) is 1. The number of fused-ring (bicyclic) bond motifs is 5. The van der Waals surface area contributed by atoms with E-state index in [-0.39, 0.29) is 35.9 Å². The summed E-state index contributed by atoms with van der Waals surface area (Å²) in [5.41, 5.74) is 0. The standard InChI is InChI=1S/C17H27NO6Si/c1-4-21-25(22-5-2,23-6-3)11-7-10-18-16(19)14-12-8-9-13(24-12)15(14)17(18)20/h8-9,12-15H,4-7,10-11H2,1-3H3/t12-,13+,14?,15?. The Hall–Kier alpha value is -1.06. The maximum atomic E-state index is 12.6. The van der Waals surface area contributed by atoms with Crippen molar-refractivity contribution < 1.29 is 27.6 Å². The fourth-order valence-corrected chi connectivity index (χ4v) is 6.63. The number of carbonyl (C=O) groups excluding carboxylic acids is 2. The number of carbonyl (C=O) groups is 2. The minimum atomic E-state index is -2.74. The number of rotatable bonds is 10. The van der Waals surface area contributed by atoms with Gasteiger partial charge >= 0.3 is 8.80 Å². The van der Waals surface area contributed by atoms with Gasteiger partial charge in [-0.15, -0.1) is 0 Å². The van der Waals surface area contributed by atoms with Crippen molar-refractivity contribution in [3.8, 4) is 0 Å². The molecule has 3 rings (SSSR count). The summed E-state index contributed by atoms with van der Waals surface area (Å²) in [6.07, 6.45) is 3.95. The Morgan fingerprint density at radius 1 is 0.960 bits per heavy atom. The first-order valence-corrected chi connectivity index (χ1v) is 11.1. The molecule has 0 aromatic heterocycles. The molecule has 0 spiro atoms. The lowest BCUT2D eigenvalue weighted by atomic mass is 9.85. The molecule has 2 unspecified atom stereocenters. The first-order valence-electron chi connectivity index (χ1n) is 9.17. The second-order valence-electron chi connectivity index (χ2n) is 6.42. The largest absolute Gasteiger partial charge is 0.500 e. The number of hydrogen-bond acceptors (Lipinski definition) is 6. The van der Waals surface area contributed by atoms with E-state index >= 15 is 0 Å². The van der Waals surface area contributed by atoms with Crippen LogP contribution in [0.15, 0.2) is 12.2 Å². The van der Waals surface area contributed by atoms with Crippen LogP contribution in [0.3, 0.4) is 0 Å². The molecule has 3 aliphatic heterocycles. The maximum Gasteiger partial charge on any atom is 0.500 e. The molecule has 0 aromatic rings. The first-order chi connectivity index (χ1) is 12.1. The summed E-state index contributed by atoms with van der Waals surface area (Å²) >= 11 is 0. The van der Waals surface area contributed by atoms with Gasteiger partial charge in [0.1, 0.15) is 0 Å². The molecule has 140 valence electrons. The number of hydrogen-bond donors (Lipinski definition) is 0. The number of ether oxygens (including phenoxy) is 1. The Balaban J connectivity index is 1.59. The lowest BCUT2D eigenvalue weighted by Crippen LogP contribution is -2.46. The van der Waals surface area contributed by atoms with Crippen molar-refractivity contribution in [1.82, 2.24) is 4.90 Å². The smallest absolute Gasteiger partial charge is 0.374 e. The van der Waals surface area contributed by atoms with Gasteiger partial charge in [0, 0.05) is 32.4 Å². The van der Waals surface area contributed by atoms with Gasteiger partial charge in [-0.2, -0.15) is 0 Å². The quantitative estimate of drug-likeness (QED) is 0.329. The van der Waals surface area contributed by atoms with Crippen molar-refractivity contribution >= 4 is 20.6 Å². The second-order valence-corrected chi connectivity index (χ2v) is 9.15. The predicted octanol–water partition coefficient (Wildman–Crippen LogP) is 1.36. The van der Waals surface area contributed by atoms with E-state index in [4.69, 9.17) is 18.0 Å². The summed E-state index contributed by atoms with van der Waals surface area (Å²) < 4.78 is 23.1. The number of imide groups is 1. The zero-order chi connectivity index (χ0) is 18.0. The summed E-state index contributed by atoms with van der Waals surface area (Å²) in [4.78, 5) is 26.7. The van der Waals surface area contributed by atoms with Crippen LogP contribution in [0, 0.1) is 11.8 Å². The summed E-state index contributed by atoms with van der Waals surface area (Å²) in [7, 11) is -2.74. The fourth-order valence-electron chi connectivity index (χ4n) is 4.04. The van der Waals surface area contributed by atoms with Gasteiger partial charge in [-0.1, -0.05) is 12.2 Å². The maximum absolute atomic E-state index is 12.6. The molecule has 0 aliphatic carbocycles. The molecule has 3 aliphatic rings. The molecule has 2 fully saturated rings. The van der Waals surface area contributed by atoms with Gasteiger partial charge in [0.2, 0.25) is 11.8 Å². The molecular formula is C17H27NO6Si. The van der Waals surface area contributed by atoms with E-state index in [0.717, 1.165) is 0 Å². The first kappa shape index (κ1) is 18.7. The Morgan fingerprint density at radius 2 is 1.44 bits per heavy atom. The SMILES string of the molecule is CCO[Si](CCCN1C(=O)C2C(C1=O)[C@H]1C=C[C@@H]2O1)(OCC)OCC. The van der Waals surface area contributed by atoms with Gasteiger partial charge in [-0.25, -0.2) is 0 Å². The van der Waals surface area contributed by atoms with Gasteiger partial charge in [0.15, 0.2) is 0 Å². The predicted molar refractivity (Wildman–Crippen MR) is 91.6 cm³/mol. The normalized spacial score (nSPS) is 30.6. The monoisotopic (exact) mass is 369 g/mol. The summed E-state index contributed by atoms with van der Waals surface area (Å²) in [5.74, 6) is -0.892. The third-order valence-electron chi connectivity index (χ3n) is 4.96. The van der Waals surface area contributed by atoms with Crippen LogP contribution in [0.1, 0.15) is 27.2 Å². The molecule has 3 heterocycles. The molecule has 2 amide bonds. The van der Waals surface area contributed by atoms with Crippen LogP contribution in [-0.4, -0.2) is 64.1 Å². The van der Waals surface area contributed by atoms with E-state index in [2.05, 4.69) is 0 Å². The molecule has 7 nitrogen and oxygen atoms in total. The highest BCUT2D eigenvalue weighted by Crippen LogP contribution is 2.45. The summed E-state index contributed by atoms with van der Waals surface area (Å²) in [5, 5.41) is 0. The van der Waals surface area contributed by atoms with Crippen LogP contribution in [0.25, 0.3) is 0 Å². The van der Waals surface area contributed by atoms with Crippen molar-refractivity contribution in [1.29, 1.82) is 0 Å². The van der Waals surface area contributed by atoms with Crippen LogP contribution in [-0.2, 0) is 27.6 Å². The lowest BCUT2D eigenvalue weighted by molar-refractivity contribution is -0.142. The van der Waals surface area contributed by atoms with Crippen molar-refractivity contribution in [3.05, 3.63) is 12.2 Å². The number of nitrogens with zero attached hydrogens (tertiary/aromatic N) is 1. The van der Waals surface area contributed by atoms with Crippen LogP contribution >= 0.6 is 0 Å². The molecule has 4 atom stereocenters. The van der Waals surface area contributed by atoms with Gasteiger partial charge in [-0.05, 0) is 27.2 Å². The molecule has 0 saturated carbocycles. The van der Waals surface area contributed by atoms with Crippen LogP contribution in [0.5, 0.6) is 0 Å². The van der Waals surface area contributed by atoms with Crippen molar-refractivity contribution in [2.45, 2.75) is 45.4 Å². The van der Waals surface area contributed by atoms with Gasteiger partial charge in [0.25, 0.3) is 0 Å². The third-order valence-corrected chi connectivity index (χ3v) is 8.11. The average Bonchev–Trinajstić information content (AvgIpc) is 3.25. The highest BCUT2D eigenvalue weighted by molar-refractivity contribution is 6.60. The van der Waals surface area contributed by atoms with Gasteiger partial charge in [-0.3, -0.25) is 14.5 Å². The highest BCUT2D eigenvalue weighted by atomic mass is 28.4. The van der Waals surface area contributed by atoms with Crippen LogP contribution < -0.4 is 0 Å². The second kappa shape index (κ2) is 7.67. The van der Waals surface area contributed by atoms with Crippen molar-refractivity contribution in [2.24, 2.45) is 11.8 Å². The highest BCUT2D eigenvalue weighted by Gasteiger charge is 2.60. The van der Waals surface area contributed by atoms with E-state index in [1.54, 1.807) is 0 Å². The van der Waals surface area contributed by atoms with E-state index in [1.807, 2.05) is 32.9 Å². The van der Waals surface area contributed by atoms with E-state index in [1.165, 1.54) is 4.90 Å². The zero-order valence-corrected chi connectivity index (χ0v) is 16.1. The minimum Gasteiger partial charge on any atom is -0.374 e. The molecule has 8 heteroatoms. The summed E-state index contributed by atoms with van der Waals surface area (Å²) in [6, 6.07) is 0.594. The van der Waals surface area contributed by atoms with Gasteiger partial charge in [0.05, 0.1) is 24.0 Å². The molecule has 2 bridgehead atoms. The Morgan fingerprint density at radius 3 is 1.88 bits per heavy atom. The average molecular weight is 369 g/mol. The van der Waals surface area contributed by atoms with E-state index in [9.17, 15) is 9.59 Å². The third kappa shape index (κ3) is 3.33. The molecule has 0 radical (unpaired) electrons. The van der Waals surface area contributed by atoms with Crippen LogP contribution in [0.2, 0.25) is 6.04 Å². The molecular weight excluding hydrogens is 342 g/mol. The molecule has 2 saturated heterocycles. The molecule has 0 N–H and O–H groups in total. The lowest BCUT2D eigenvalue weighted by Gasteiger charge is -2.29. The minimum absolute atomic E-state index is 0.108. The Labute approximate surface area is 149 Å². The zero-order valence-electron chi connectivity index (χ0n) is 15.1.